The summed E-state index contributed by atoms with van der Waals surface area (Å²) in [6.07, 6.45) is 6.91. The Morgan fingerprint density at radius 1 is 0.345 bits per heavy atom. The molecular formula is C82H95BN4. The quantitative estimate of drug-likeness (QED) is 0.163. The molecule has 4 atom stereocenters. The number of anilines is 10. The Hall–Kier alpha value is -6.98. The summed E-state index contributed by atoms with van der Waals surface area (Å²) in [5, 5.41) is 0. The molecule has 4 heterocycles. The van der Waals surface area contributed by atoms with Gasteiger partial charge in [0.25, 0.3) is 6.71 Å². The minimum Gasteiger partial charge on any atom is -0.334 e. The van der Waals surface area contributed by atoms with Crippen LogP contribution in [0.5, 0.6) is 0 Å². The van der Waals surface area contributed by atoms with Crippen molar-refractivity contribution in [3.8, 4) is 0 Å². The lowest BCUT2D eigenvalue weighted by Crippen LogP contribution is -2.62. The first-order valence-electron chi connectivity index (χ1n) is 33.0. The van der Waals surface area contributed by atoms with Gasteiger partial charge >= 0.3 is 0 Å². The van der Waals surface area contributed by atoms with E-state index in [0.29, 0.717) is 0 Å². The molecule has 0 amide bonds. The number of hydrogen-bond donors (Lipinski definition) is 0. The highest BCUT2D eigenvalue weighted by Crippen LogP contribution is 2.66. The van der Waals surface area contributed by atoms with Crippen LogP contribution < -0.4 is 36.0 Å². The number of benzene rings is 8. The van der Waals surface area contributed by atoms with Gasteiger partial charge in [0.15, 0.2) is 0 Å². The van der Waals surface area contributed by atoms with Crippen molar-refractivity contribution < 1.29 is 0 Å². The van der Waals surface area contributed by atoms with Crippen LogP contribution in [0.4, 0.5) is 56.9 Å². The number of hydrogen-bond acceptors (Lipinski definition) is 4. The minimum atomic E-state index is -0.425. The normalized spacial score (nSPS) is 22.9. The van der Waals surface area contributed by atoms with Gasteiger partial charge in [0.2, 0.25) is 0 Å². The fourth-order valence-corrected chi connectivity index (χ4v) is 17.3. The Kier molecular flexibility index (Phi) is 12.5. The van der Waals surface area contributed by atoms with Crippen LogP contribution in [0.2, 0.25) is 0 Å². The molecule has 4 aliphatic heterocycles. The lowest BCUT2D eigenvalue weighted by molar-refractivity contribution is 0.195. The lowest BCUT2D eigenvalue weighted by Gasteiger charge is -2.52. The van der Waals surface area contributed by atoms with Crippen molar-refractivity contribution in [2.24, 2.45) is 0 Å². The van der Waals surface area contributed by atoms with Crippen molar-refractivity contribution in [1.29, 1.82) is 0 Å². The van der Waals surface area contributed by atoms with Gasteiger partial charge in [0, 0.05) is 67.7 Å². The molecule has 0 N–H and O–H groups in total. The van der Waals surface area contributed by atoms with Gasteiger partial charge in [-0.15, -0.1) is 0 Å². The van der Waals surface area contributed by atoms with Gasteiger partial charge in [-0.3, -0.25) is 0 Å². The molecule has 0 bridgehead atoms. The fraction of sp³-hybridized carbons (Fsp3) is 0.415. The minimum absolute atomic E-state index is 0.00362. The summed E-state index contributed by atoms with van der Waals surface area (Å²) in [7, 11) is 0. The number of nitrogens with zero attached hydrogens (tertiary/aromatic N) is 4. The first-order valence-corrected chi connectivity index (χ1v) is 33.0. The fourth-order valence-electron chi connectivity index (χ4n) is 17.3. The van der Waals surface area contributed by atoms with Gasteiger partial charge in [-0.1, -0.05) is 222 Å². The lowest BCUT2D eigenvalue weighted by atomic mass is 9.33. The Balaban J connectivity index is 1.10. The van der Waals surface area contributed by atoms with E-state index in [9.17, 15) is 0 Å². The van der Waals surface area contributed by atoms with E-state index < -0.39 is 5.54 Å². The van der Waals surface area contributed by atoms with E-state index in [4.69, 9.17) is 0 Å². The Bertz CT molecular complexity index is 4110. The maximum absolute atomic E-state index is 2.82. The van der Waals surface area contributed by atoms with Crippen LogP contribution in [-0.4, -0.2) is 12.3 Å². The summed E-state index contributed by atoms with van der Waals surface area (Å²) in [5.41, 5.74) is 28.4. The second kappa shape index (κ2) is 18.8. The zero-order valence-corrected chi connectivity index (χ0v) is 56.1. The third-order valence-electron chi connectivity index (χ3n) is 23.0. The number of rotatable bonds is 4. The first-order chi connectivity index (χ1) is 40.8. The zero-order chi connectivity index (χ0) is 61.7. The molecular weight excluding hydrogens is 1050 g/mol. The van der Waals surface area contributed by atoms with E-state index in [1.54, 1.807) is 0 Å². The summed E-state index contributed by atoms with van der Waals surface area (Å²) in [6.45, 7) is 45.7. The maximum Gasteiger partial charge on any atom is 0.252 e. The second-order valence-corrected chi connectivity index (χ2v) is 33.4. The zero-order valence-electron chi connectivity index (χ0n) is 56.1. The molecule has 8 aromatic rings. The van der Waals surface area contributed by atoms with E-state index >= 15 is 0 Å². The molecule has 0 radical (unpaired) electrons. The van der Waals surface area contributed by atoms with Crippen LogP contribution in [-0.2, 0) is 49.9 Å². The standard InChI is InChI=1S/C82H95BN4/c1-74(2,3)53-26-33-58(34-27-53)84-69-41-32-57(78(13,14)15)48-66(69)83-65-38-37-60(86-67-39-30-55(76(7,8)9)46-63(67)79(16)43-22-23-44-81(79,86)18)49-70(65)85(59-35-28-54(29-36-59)75(4,5)6)72-51-61(50-71(84)73(72)83)87-68-40-31-56(77(10,11)12)47-64(68)80(17)45-42-52-24-20-21-25-62(52)82(80,87)19/h20-21,24-41,46-51H,22-23,42-45H2,1-19H3. The van der Waals surface area contributed by atoms with Gasteiger partial charge in [-0.2, -0.15) is 0 Å². The Morgan fingerprint density at radius 3 is 1.34 bits per heavy atom. The van der Waals surface area contributed by atoms with E-state index in [-0.39, 0.29) is 50.2 Å². The van der Waals surface area contributed by atoms with Gasteiger partial charge in [-0.25, -0.2) is 0 Å². The van der Waals surface area contributed by atoms with Gasteiger partial charge < -0.3 is 19.6 Å². The molecule has 2 aliphatic carbocycles. The van der Waals surface area contributed by atoms with Crippen LogP contribution >= 0.6 is 0 Å². The molecule has 4 unspecified atom stereocenters. The van der Waals surface area contributed by atoms with Crippen LogP contribution in [0.15, 0.2) is 158 Å². The SMILES string of the molecule is CC(C)(C)c1ccc(N2c3ccc(C(C)(C)C)cc3B3c4ccc(N5c6ccc(C(C)(C)C)cc6C6(C)CCCCC56C)cc4N(c4ccc(C(C)(C)C)cc4)c4cc(N5c6ccc(C(C)(C)C)cc6C6(C)CCc7ccccc7C56C)cc2c43)cc1. The molecule has 14 rings (SSSR count). The Morgan fingerprint density at radius 2 is 0.793 bits per heavy atom. The van der Waals surface area contributed by atoms with E-state index in [2.05, 4.69) is 309 Å². The van der Waals surface area contributed by atoms with Crippen molar-refractivity contribution in [2.75, 3.05) is 19.6 Å². The highest BCUT2D eigenvalue weighted by Gasteiger charge is 2.61. The van der Waals surface area contributed by atoms with E-state index in [1.165, 1.54) is 143 Å². The monoisotopic (exact) mass is 1150 g/mol. The molecule has 8 aromatic carbocycles. The van der Waals surface area contributed by atoms with Gasteiger partial charge in [0.1, 0.15) is 0 Å². The van der Waals surface area contributed by atoms with Crippen molar-refractivity contribution in [3.63, 3.8) is 0 Å². The topological polar surface area (TPSA) is 13.0 Å². The number of fused-ring (bicyclic) bond motifs is 12. The molecule has 4 nitrogen and oxygen atoms in total. The van der Waals surface area contributed by atoms with Crippen LogP contribution in [0.3, 0.4) is 0 Å². The van der Waals surface area contributed by atoms with Crippen LogP contribution in [0, 0.1) is 0 Å². The van der Waals surface area contributed by atoms with Crippen LogP contribution in [0.25, 0.3) is 0 Å². The van der Waals surface area contributed by atoms with Crippen LogP contribution in [0.1, 0.15) is 214 Å². The predicted molar refractivity (Wildman–Crippen MR) is 375 cm³/mol. The van der Waals surface area contributed by atoms with Crippen molar-refractivity contribution in [3.05, 3.63) is 208 Å². The average Bonchev–Trinajstić information content (AvgIpc) is 1.64. The van der Waals surface area contributed by atoms with E-state index in [1.807, 2.05) is 0 Å². The summed E-state index contributed by atoms with van der Waals surface area (Å²) in [6, 6.07) is 64.2. The predicted octanol–water partition coefficient (Wildman–Crippen LogP) is 20.3. The molecule has 0 aromatic heterocycles. The molecule has 87 heavy (non-hydrogen) atoms. The first kappa shape index (κ1) is 57.8. The molecule has 6 aliphatic rings. The maximum atomic E-state index is 2.82. The highest BCUT2D eigenvalue weighted by atomic mass is 15.3. The molecule has 1 fully saturated rings. The summed E-state index contributed by atoms with van der Waals surface area (Å²) in [5.74, 6) is 0. The third-order valence-corrected chi connectivity index (χ3v) is 23.0. The van der Waals surface area contributed by atoms with E-state index in [0.717, 1.165) is 19.3 Å². The smallest absolute Gasteiger partial charge is 0.252 e. The van der Waals surface area contributed by atoms with Gasteiger partial charge in [0.05, 0.1) is 11.1 Å². The number of aryl methyl sites for hydroxylation is 1. The van der Waals surface area contributed by atoms with Gasteiger partial charge in [-0.05, 0) is 200 Å². The van der Waals surface area contributed by atoms with Crippen molar-refractivity contribution >= 4 is 80.0 Å². The summed E-state index contributed by atoms with van der Waals surface area (Å²) in [4.78, 5) is 11.0. The molecule has 0 saturated heterocycles. The second-order valence-electron chi connectivity index (χ2n) is 33.4. The Labute approximate surface area is 523 Å². The summed E-state index contributed by atoms with van der Waals surface area (Å²) >= 11 is 0. The third kappa shape index (κ3) is 8.35. The largest absolute Gasteiger partial charge is 0.334 e. The molecule has 0 spiro atoms. The summed E-state index contributed by atoms with van der Waals surface area (Å²) < 4.78 is 0. The van der Waals surface area contributed by atoms with Crippen molar-refractivity contribution in [2.45, 2.75) is 219 Å². The molecule has 5 heteroatoms. The molecule has 1 saturated carbocycles. The van der Waals surface area contributed by atoms with Crippen molar-refractivity contribution in [1.82, 2.24) is 0 Å². The highest BCUT2D eigenvalue weighted by molar-refractivity contribution is 7.00. The molecule has 446 valence electrons. The average molecular weight is 1150 g/mol.